The second-order valence-electron chi connectivity index (χ2n) is 12.4. The summed E-state index contributed by atoms with van der Waals surface area (Å²) in [5.74, 6) is 1.85. The number of aromatic nitrogens is 3. The van der Waals surface area contributed by atoms with Gasteiger partial charge < -0.3 is 4.42 Å². The average molecular weight is 626 g/mol. The molecule has 49 heavy (non-hydrogen) atoms. The van der Waals surface area contributed by atoms with Gasteiger partial charge in [0.2, 0.25) is 0 Å². The number of fused-ring (bicyclic) bond motifs is 8. The van der Waals surface area contributed by atoms with E-state index in [1.165, 1.54) is 32.3 Å². The molecular formula is C45H27N3O. The number of hydrogen-bond donors (Lipinski definition) is 0. The highest BCUT2D eigenvalue weighted by Crippen LogP contribution is 2.40. The minimum atomic E-state index is 0.603. The van der Waals surface area contributed by atoms with Crippen molar-refractivity contribution >= 4 is 54.3 Å². The van der Waals surface area contributed by atoms with E-state index in [4.69, 9.17) is 19.4 Å². The van der Waals surface area contributed by atoms with Crippen LogP contribution in [0.2, 0.25) is 0 Å². The van der Waals surface area contributed by atoms with Gasteiger partial charge in [0.05, 0.1) is 0 Å². The van der Waals surface area contributed by atoms with E-state index in [0.717, 1.165) is 49.8 Å². The van der Waals surface area contributed by atoms with Crippen molar-refractivity contribution < 1.29 is 4.42 Å². The van der Waals surface area contributed by atoms with Gasteiger partial charge in [-0.3, -0.25) is 0 Å². The highest BCUT2D eigenvalue weighted by atomic mass is 16.3. The molecule has 4 nitrogen and oxygen atoms in total. The van der Waals surface area contributed by atoms with Crippen molar-refractivity contribution in [1.82, 2.24) is 15.0 Å². The lowest BCUT2D eigenvalue weighted by atomic mass is 9.96. The molecule has 0 N–H and O–H groups in total. The molecule has 0 atom stereocenters. The summed E-state index contributed by atoms with van der Waals surface area (Å²) in [5, 5.41) is 9.28. The maximum atomic E-state index is 6.58. The molecule has 0 amide bonds. The van der Waals surface area contributed by atoms with Crippen LogP contribution in [0.25, 0.3) is 99.5 Å². The minimum absolute atomic E-state index is 0.603. The lowest BCUT2D eigenvalue weighted by molar-refractivity contribution is 0.670. The first-order chi connectivity index (χ1) is 24.3. The number of nitrogens with zero attached hydrogens (tertiary/aromatic N) is 3. The quantitative estimate of drug-likeness (QED) is 0.183. The maximum Gasteiger partial charge on any atom is 0.164 e. The van der Waals surface area contributed by atoms with Crippen molar-refractivity contribution in [3.63, 3.8) is 0 Å². The second-order valence-corrected chi connectivity index (χ2v) is 12.4. The van der Waals surface area contributed by atoms with Crippen LogP contribution in [-0.2, 0) is 0 Å². The van der Waals surface area contributed by atoms with Crippen molar-refractivity contribution in [3.8, 4) is 45.3 Å². The molecule has 4 heteroatoms. The summed E-state index contributed by atoms with van der Waals surface area (Å²) in [6.07, 6.45) is 0. The summed E-state index contributed by atoms with van der Waals surface area (Å²) in [5.41, 5.74) is 6.58. The summed E-state index contributed by atoms with van der Waals surface area (Å²) in [6, 6.07) is 56.9. The van der Waals surface area contributed by atoms with E-state index in [9.17, 15) is 0 Å². The Morgan fingerprint density at radius 2 is 0.939 bits per heavy atom. The lowest BCUT2D eigenvalue weighted by Crippen LogP contribution is -2.00. The van der Waals surface area contributed by atoms with Crippen LogP contribution in [-0.4, -0.2) is 15.0 Å². The molecule has 0 aliphatic heterocycles. The maximum absolute atomic E-state index is 6.58. The molecule has 0 aliphatic carbocycles. The van der Waals surface area contributed by atoms with Crippen molar-refractivity contribution in [2.45, 2.75) is 0 Å². The van der Waals surface area contributed by atoms with Gasteiger partial charge in [0, 0.05) is 33.0 Å². The van der Waals surface area contributed by atoms with Crippen LogP contribution >= 0.6 is 0 Å². The normalized spacial score (nSPS) is 11.7. The summed E-state index contributed by atoms with van der Waals surface area (Å²) >= 11 is 0. The van der Waals surface area contributed by atoms with E-state index in [2.05, 4.69) is 115 Å². The van der Waals surface area contributed by atoms with E-state index in [0.29, 0.717) is 17.5 Å². The van der Waals surface area contributed by atoms with Gasteiger partial charge in [-0.2, -0.15) is 0 Å². The van der Waals surface area contributed by atoms with Crippen LogP contribution in [0.5, 0.6) is 0 Å². The van der Waals surface area contributed by atoms with Gasteiger partial charge in [-0.15, -0.1) is 0 Å². The third kappa shape index (κ3) is 4.49. The van der Waals surface area contributed by atoms with E-state index < -0.39 is 0 Å². The zero-order valence-corrected chi connectivity index (χ0v) is 26.3. The Kier molecular flexibility index (Phi) is 6.15. The van der Waals surface area contributed by atoms with Gasteiger partial charge in [-0.1, -0.05) is 152 Å². The molecule has 0 radical (unpaired) electrons. The molecule has 2 aromatic heterocycles. The average Bonchev–Trinajstić information content (AvgIpc) is 3.57. The predicted molar refractivity (Wildman–Crippen MR) is 201 cm³/mol. The molecule has 0 spiro atoms. The monoisotopic (exact) mass is 625 g/mol. The van der Waals surface area contributed by atoms with Crippen LogP contribution in [0.3, 0.4) is 0 Å². The van der Waals surface area contributed by atoms with Gasteiger partial charge in [-0.25, -0.2) is 15.0 Å². The molecule has 2 heterocycles. The molecule has 0 saturated carbocycles. The second kappa shape index (κ2) is 11.0. The highest BCUT2D eigenvalue weighted by molar-refractivity contribution is 6.18. The third-order valence-corrected chi connectivity index (χ3v) is 9.52. The van der Waals surface area contributed by atoms with Crippen LogP contribution < -0.4 is 0 Å². The molecule has 10 rings (SSSR count). The van der Waals surface area contributed by atoms with E-state index in [1.807, 2.05) is 48.5 Å². The van der Waals surface area contributed by atoms with Gasteiger partial charge in [0.15, 0.2) is 17.5 Å². The van der Waals surface area contributed by atoms with E-state index >= 15 is 0 Å². The summed E-state index contributed by atoms with van der Waals surface area (Å²) in [7, 11) is 0. The van der Waals surface area contributed by atoms with Crippen molar-refractivity contribution in [1.29, 1.82) is 0 Å². The molecule has 8 aromatic carbocycles. The van der Waals surface area contributed by atoms with Crippen molar-refractivity contribution in [2.24, 2.45) is 0 Å². The number of benzene rings is 8. The molecule has 0 saturated heterocycles. The van der Waals surface area contributed by atoms with E-state index in [-0.39, 0.29) is 0 Å². The fourth-order valence-corrected chi connectivity index (χ4v) is 7.18. The molecule has 0 aliphatic rings. The SMILES string of the molecule is c1ccc(-c2nc(-c3ccc4ccc5c6ccccc6ccc5c4c3)nc(-c3cccc4oc5c(-c6ccccc6)cccc5c34)n2)cc1. The number of hydrogen-bond acceptors (Lipinski definition) is 4. The largest absolute Gasteiger partial charge is 0.455 e. The molecular weight excluding hydrogens is 599 g/mol. The van der Waals surface area contributed by atoms with Crippen LogP contribution in [0.15, 0.2) is 168 Å². The predicted octanol–water partition coefficient (Wildman–Crippen LogP) is 11.9. The van der Waals surface area contributed by atoms with Crippen LogP contribution in [0.4, 0.5) is 0 Å². The first-order valence-corrected chi connectivity index (χ1v) is 16.4. The van der Waals surface area contributed by atoms with E-state index in [1.54, 1.807) is 0 Å². The minimum Gasteiger partial charge on any atom is -0.455 e. The Morgan fingerprint density at radius 1 is 0.347 bits per heavy atom. The van der Waals surface area contributed by atoms with Crippen molar-refractivity contribution in [3.05, 3.63) is 164 Å². The Hall–Kier alpha value is -6.65. The highest BCUT2D eigenvalue weighted by Gasteiger charge is 2.19. The fraction of sp³-hybridized carbons (Fsp3) is 0. The molecule has 0 fully saturated rings. The standard InChI is InChI=1S/C45H27N3O/c1-3-11-28(12-4-1)34-17-9-18-37-41-38(19-10-20-40(41)49-42(34)37)45-47-43(31-14-5-2-6-15-31)46-44(48-45)32-22-21-30-24-25-35-33-16-8-7-13-29(33)23-26-36(35)39(30)27-32/h1-27H. The molecule has 0 bridgehead atoms. The first kappa shape index (κ1) is 27.5. The number of furan rings is 1. The topological polar surface area (TPSA) is 51.8 Å². The zero-order chi connectivity index (χ0) is 32.3. The van der Waals surface area contributed by atoms with Gasteiger partial charge in [-0.05, 0) is 50.0 Å². The molecule has 0 unspecified atom stereocenters. The van der Waals surface area contributed by atoms with Gasteiger partial charge in [0.1, 0.15) is 11.2 Å². The summed E-state index contributed by atoms with van der Waals surface area (Å²) in [6.45, 7) is 0. The number of rotatable bonds is 4. The van der Waals surface area contributed by atoms with Gasteiger partial charge >= 0.3 is 0 Å². The van der Waals surface area contributed by atoms with Crippen LogP contribution in [0.1, 0.15) is 0 Å². The summed E-state index contributed by atoms with van der Waals surface area (Å²) in [4.78, 5) is 15.4. The Labute approximate surface area is 282 Å². The van der Waals surface area contributed by atoms with Crippen LogP contribution in [0, 0.1) is 0 Å². The Bertz CT molecular complexity index is 2880. The van der Waals surface area contributed by atoms with Crippen molar-refractivity contribution in [2.75, 3.05) is 0 Å². The smallest absolute Gasteiger partial charge is 0.164 e. The zero-order valence-electron chi connectivity index (χ0n) is 26.3. The summed E-state index contributed by atoms with van der Waals surface area (Å²) < 4.78 is 6.58. The molecule has 10 aromatic rings. The molecule has 228 valence electrons. The lowest BCUT2D eigenvalue weighted by Gasteiger charge is -2.11. The fourth-order valence-electron chi connectivity index (χ4n) is 7.18. The first-order valence-electron chi connectivity index (χ1n) is 16.4. The Balaban J connectivity index is 1.21. The third-order valence-electron chi connectivity index (χ3n) is 9.52. The number of para-hydroxylation sites is 1. The van der Waals surface area contributed by atoms with Gasteiger partial charge in [0.25, 0.3) is 0 Å². The Morgan fingerprint density at radius 3 is 1.76 bits per heavy atom.